The molecule has 1 aromatic heterocycles. The molecule has 8 heteroatoms. The number of nitrogens with zero attached hydrogens (tertiary/aromatic N) is 1. The van der Waals surface area contributed by atoms with E-state index in [1.165, 1.54) is 6.08 Å². The molecule has 1 aliphatic rings. The number of hydrogen-bond acceptors (Lipinski definition) is 7. The Kier molecular flexibility index (Phi) is 5.75. The Bertz CT molecular complexity index is 993. The van der Waals surface area contributed by atoms with Crippen LogP contribution in [0, 0.1) is 0 Å². The normalized spacial score (nSPS) is 15.7. The van der Waals surface area contributed by atoms with E-state index in [-0.39, 0.29) is 17.1 Å². The summed E-state index contributed by atoms with van der Waals surface area (Å²) in [6, 6.07) is 8.57. The molecule has 1 aliphatic heterocycles. The summed E-state index contributed by atoms with van der Waals surface area (Å²) >= 11 is 0.671. The van der Waals surface area contributed by atoms with Gasteiger partial charge in [-0.15, -0.1) is 0 Å². The van der Waals surface area contributed by atoms with Crippen molar-refractivity contribution in [1.29, 1.82) is 0 Å². The van der Waals surface area contributed by atoms with Gasteiger partial charge in [0, 0.05) is 5.39 Å². The predicted octanol–water partition coefficient (Wildman–Crippen LogP) is 3.17. The lowest BCUT2D eigenvalue weighted by atomic mass is 10.2. The molecule has 0 saturated carbocycles. The Morgan fingerprint density at radius 3 is 2.81 bits per heavy atom. The van der Waals surface area contributed by atoms with Crippen molar-refractivity contribution in [3.8, 4) is 0 Å². The van der Waals surface area contributed by atoms with Crippen LogP contribution in [-0.4, -0.2) is 35.2 Å². The smallest absolute Gasteiger partial charge is 0.343 e. The number of amides is 2. The van der Waals surface area contributed by atoms with Gasteiger partial charge in [0.1, 0.15) is 12.1 Å². The Morgan fingerprint density at radius 2 is 2.04 bits per heavy atom. The molecule has 7 nitrogen and oxygen atoms in total. The minimum absolute atomic E-state index is 0.0592. The molecule has 140 valence electrons. The number of hydrogen-bond donors (Lipinski definition) is 0. The third kappa shape index (κ3) is 4.28. The molecule has 1 fully saturated rings. The van der Waals surface area contributed by atoms with Crippen LogP contribution in [-0.2, 0) is 14.3 Å². The standard InChI is InChI=1S/C19H17NO6S/c1-2-3-8-25-16(21)11-20-17(22)15(27-19(20)24)10-13-9-12-6-4-5-7-14(12)26-18(13)23/h4-7,9-10H,2-3,8,11H2,1H3/b15-10+. The number of thioether (sulfide) groups is 1. The van der Waals surface area contributed by atoms with Crippen LogP contribution in [0.1, 0.15) is 25.3 Å². The molecular weight excluding hydrogens is 370 g/mol. The molecule has 2 amide bonds. The summed E-state index contributed by atoms with van der Waals surface area (Å²) in [5.41, 5.74) is -0.0215. The van der Waals surface area contributed by atoms with Gasteiger partial charge < -0.3 is 9.15 Å². The minimum atomic E-state index is -0.641. The highest BCUT2D eigenvalue weighted by Gasteiger charge is 2.36. The predicted molar refractivity (Wildman–Crippen MR) is 101 cm³/mol. The molecule has 27 heavy (non-hydrogen) atoms. The molecule has 1 saturated heterocycles. The molecule has 2 aromatic rings. The van der Waals surface area contributed by atoms with E-state index >= 15 is 0 Å². The van der Waals surface area contributed by atoms with Crippen molar-refractivity contribution in [2.24, 2.45) is 0 Å². The molecular formula is C19H17NO6S. The Morgan fingerprint density at radius 1 is 1.26 bits per heavy atom. The zero-order chi connectivity index (χ0) is 19.4. The van der Waals surface area contributed by atoms with Crippen LogP contribution in [0.5, 0.6) is 0 Å². The summed E-state index contributed by atoms with van der Waals surface area (Å²) < 4.78 is 10.2. The van der Waals surface area contributed by atoms with Crippen molar-refractivity contribution in [2.75, 3.05) is 13.2 Å². The van der Waals surface area contributed by atoms with Crippen LogP contribution in [0.4, 0.5) is 4.79 Å². The zero-order valence-electron chi connectivity index (χ0n) is 14.6. The minimum Gasteiger partial charge on any atom is -0.464 e. The van der Waals surface area contributed by atoms with Gasteiger partial charge >= 0.3 is 11.6 Å². The van der Waals surface area contributed by atoms with Crippen LogP contribution in [0.2, 0.25) is 0 Å². The number of carbonyl (C=O) groups excluding carboxylic acids is 3. The summed E-state index contributed by atoms with van der Waals surface area (Å²) in [6.45, 7) is 1.76. The van der Waals surface area contributed by atoms with Gasteiger partial charge in [0.05, 0.1) is 17.1 Å². The third-order valence-corrected chi connectivity index (χ3v) is 4.78. The highest BCUT2D eigenvalue weighted by atomic mass is 32.2. The monoisotopic (exact) mass is 387 g/mol. The highest BCUT2D eigenvalue weighted by Crippen LogP contribution is 2.32. The van der Waals surface area contributed by atoms with E-state index in [2.05, 4.69) is 0 Å². The van der Waals surface area contributed by atoms with Gasteiger partial charge in [-0.3, -0.25) is 19.3 Å². The van der Waals surface area contributed by atoms with Crippen molar-refractivity contribution >= 4 is 45.9 Å². The number of unbranched alkanes of at least 4 members (excludes halogenated alkanes) is 1. The number of para-hydroxylation sites is 1. The second kappa shape index (κ2) is 8.22. The van der Waals surface area contributed by atoms with Crippen molar-refractivity contribution in [1.82, 2.24) is 4.90 Å². The van der Waals surface area contributed by atoms with Crippen LogP contribution in [0.25, 0.3) is 17.0 Å². The maximum absolute atomic E-state index is 12.4. The van der Waals surface area contributed by atoms with Gasteiger partial charge in [0.2, 0.25) is 0 Å². The topological polar surface area (TPSA) is 93.9 Å². The first-order valence-electron chi connectivity index (χ1n) is 8.43. The number of imide groups is 1. The van der Waals surface area contributed by atoms with Crippen LogP contribution >= 0.6 is 11.8 Å². The van der Waals surface area contributed by atoms with Gasteiger partial charge in [0.15, 0.2) is 0 Å². The fourth-order valence-corrected chi connectivity index (χ4v) is 3.29. The van der Waals surface area contributed by atoms with E-state index in [0.717, 1.165) is 11.3 Å². The lowest BCUT2D eigenvalue weighted by Gasteiger charge is -2.11. The highest BCUT2D eigenvalue weighted by molar-refractivity contribution is 8.18. The van der Waals surface area contributed by atoms with Crippen molar-refractivity contribution in [3.63, 3.8) is 0 Å². The summed E-state index contributed by atoms with van der Waals surface area (Å²) in [5.74, 6) is -1.28. The van der Waals surface area contributed by atoms with Gasteiger partial charge in [-0.1, -0.05) is 31.5 Å². The average molecular weight is 387 g/mol. The Hall–Kier alpha value is -2.87. The molecule has 1 aromatic carbocycles. The number of benzene rings is 1. The SMILES string of the molecule is CCCCOC(=O)CN1C(=O)S/C(=C/c2cc3ccccc3oc2=O)C1=O. The van der Waals surface area contributed by atoms with E-state index in [4.69, 9.17) is 9.15 Å². The van der Waals surface area contributed by atoms with E-state index < -0.39 is 29.3 Å². The molecule has 0 atom stereocenters. The Labute approximate surface area is 159 Å². The number of rotatable bonds is 6. The molecule has 3 rings (SSSR count). The van der Waals surface area contributed by atoms with Crippen LogP contribution in [0.15, 0.2) is 44.4 Å². The number of esters is 1. The third-order valence-electron chi connectivity index (χ3n) is 3.88. The van der Waals surface area contributed by atoms with E-state index in [0.29, 0.717) is 29.2 Å². The maximum Gasteiger partial charge on any atom is 0.343 e. The molecule has 0 N–H and O–H groups in total. The summed E-state index contributed by atoms with van der Waals surface area (Å²) in [5, 5.41) is 0.117. The van der Waals surface area contributed by atoms with Crippen LogP contribution in [0.3, 0.4) is 0 Å². The fraction of sp³-hybridized carbons (Fsp3) is 0.263. The summed E-state index contributed by atoms with van der Waals surface area (Å²) in [4.78, 5) is 49.3. The molecule has 0 spiro atoms. The van der Waals surface area contributed by atoms with E-state index in [9.17, 15) is 19.2 Å². The van der Waals surface area contributed by atoms with Crippen molar-refractivity contribution < 1.29 is 23.5 Å². The average Bonchev–Trinajstić information content (AvgIpc) is 2.90. The first-order chi connectivity index (χ1) is 13.0. The number of carbonyl (C=O) groups is 3. The maximum atomic E-state index is 12.4. The van der Waals surface area contributed by atoms with Gasteiger partial charge in [-0.05, 0) is 36.4 Å². The summed E-state index contributed by atoms with van der Waals surface area (Å²) in [7, 11) is 0. The van der Waals surface area contributed by atoms with E-state index in [1.807, 2.05) is 6.92 Å². The largest absolute Gasteiger partial charge is 0.464 e. The van der Waals surface area contributed by atoms with E-state index in [1.54, 1.807) is 30.3 Å². The van der Waals surface area contributed by atoms with Crippen molar-refractivity contribution in [2.45, 2.75) is 19.8 Å². The first-order valence-corrected chi connectivity index (χ1v) is 9.25. The molecule has 2 heterocycles. The molecule has 0 radical (unpaired) electrons. The number of ether oxygens (including phenoxy) is 1. The second-order valence-corrected chi connectivity index (χ2v) is 6.86. The van der Waals surface area contributed by atoms with Gasteiger partial charge in [0.25, 0.3) is 11.1 Å². The second-order valence-electron chi connectivity index (χ2n) is 5.87. The first kappa shape index (κ1) is 18.9. The zero-order valence-corrected chi connectivity index (χ0v) is 15.4. The molecule has 0 aliphatic carbocycles. The quantitative estimate of drug-likeness (QED) is 0.325. The van der Waals surface area contributed by atoms with Crippen molar-refractivity contribution in [3.05, 3.63) is 51.2 Å². The molecule has 0 bridgehead atoms. The lowest BCUT2D eigenvalue weighted by molar-refractivity contribution is -0.146. The lowest BCUT2D eigenvalue weighted by Crippen LogP contribution is -2.34. The van der Waals surface area contributed by atoms with Gasteiger partial charge in [-0.2, -0.15) is 0 Å². The number of fused-ring (bicyclic) bond motifs is 1. The van der Waals surface area contributed by atoms with Gasteiger partial charge in [-0.25, -0.2) is 4.79 Å². The van der Waals surface area contributed by atoms with Crippen LogP contribution < -0.4 is 5.63 Å². The summed E-state index contributed by atoms with van der Waals surface area (Å²) in [6.07, 6.45) is 2.89. The molecule has 0 unspecified atom stereocenters. The Balaban J connectivity index is 1.79. The fourth-order valence-electron chi connectivity index (χ4n) is 2.46.